The first-order valence-corrected chi connectivity index (χ1v) is 9.22. The second-order valence-corrected chi connectivity index (χ2v) is 6.56. The zero-order valence-corrected chi connectivity index (χ0v) is 14.1. The highest BCUT2D eigenvalue weighted by Crippen LogP contribution is 2.17. The topological polar surface area (TPSA) is 50.4 Å². The molecule has 0 aromatic heterocycles. The summed E-state index contributed by atoms with van der Waals surface area (Å²) in [5, 5.41) is 6.25. The normalized spacial score (nSPS) is 18.1. The Morgan fingerprint density at radius 2 is 2.32 bits per heavy atom. The maximum absolute atomic E-state index is 12.0. The van der Waals surface area contributed by atoms with Crippen molar-refractivity contribution in [2.24, 2.45) is 0 Å². The Kier molecular flexibility index (Phi) is 7.77. The number of thioether (sulfide) groups is 1. The predicted molar refractivity (Wildman–Crippen MR) is 93.4 cm³/mol. The lowest BCUT2D eigenvalue weighted by Crippen LogP contribution is -2.23. The van der Waals surface area contributed by atoms with Crippen molar-refractivity contribution >= 4 is 23.4 Å². The molecule has 1 unspecified atom stereocenters. The summed E-state index contributed by atoms with van der Waals surface area (Å²) in [6.07, 6.45) is 3.87. The van der Waals surface area contributed by atoms with Gasteiger partial charge in [0.15, 0.2) is 0 Å². The number of benzene rings is 1. The third-order valence-electron chi connectivity index (χ3n) is 3.60. The summed E-state index contributed by atoms with van der Waals surface area (Å²) in [6, 6.07) is 8.00. The van der Waals surface area contributed by atoms with Crippen LogP contribution in [-0.2, 0) is 16.1 Å². The fourth-order valence-corrected chi connectivity index (χ4v) is 3.35. The third-order valence-corrected chi connectivity index (χ3v) is 4.67. The van der Waals surface area contributed by atoms with Crippen molar-refractivity contribution < 1.29 is 9.53 Å². The third kappa shape index (κ3) is 6.38. The van der Waals surface area contributed by atoms with Crippen LogP contribution in [0.15, 0.2) is 24.3 Å². The Morgan fingerprint density at radius 1 is 1.41 bits per heavy atom. The van der Waals surface area contributed by atoms with Gasteiger partial charge in [0.1, 0.15) is 0 Å². The van der Waals surface area contributed by atoms with Gasteiger partial charge in [-0.25, -0.2) is 0 Å². The molecule has 4 nitrogen and oxygen atoms in total. The van der Waals surface area contributed by atoms with Crippen molar-refractivity contribution in [1.29, 1.82) is 0 Å². The second-order valence-electron chi connectivity index (χ2n) is 5.53. The van der Waals surface area contributed by atoms with Gasteiger partial charge in [-0.15, -0.1) is 11.8 Å². The molecule has 1 fully saturated rings. The summed E-state index contributed by atoms with van der Waals surface area (Å²) in [7, 11) is 0. The van der Waals surface area contributed by atoms with E-state index in [1.54, 1.807) is 11.8 Å². The molecule has 22 heavy (non-hydrogen) atoms. The van der Waals surface area contributed by atoms with E-state index in [4.69, 9.17) is 4.74 Å². The number of hydrogen-bond acceptors (Lipinski definition) is 4. The van der Waals surface area contributed by atoms with Crippen LogP contribution in [0.4, 0.5) is 5.69 Å². The van der Waals surface area contributed by atoms with Gasteiger partial charge in [0.2, 0.25) is 5.91 Å². The Bertz CT molecular complexity index is 462. The SMILES string of the molecule is CCNCc1cccc(NC(=O)CSCC2CCCCO2)c1. The lowest BCUT2D eigenvalue weighted by molar-refractivity contribution is -0.113. The predicted octanol–water partition coefficient (Wildman–Crippen LogP) is 3.04. The molecule has 1 atom stereocenters. The minimum atomic E-state index is 0.0569. The van der Waals surface area contributed by atoms with Crippen molar-refractivity contribution in [3.8, 4) is 0 Å². The summed E-state index contributed by atoms with van der Waals surface area (Å²) in [6.45, 7) is 4.72. The molecule has 1 aliphatic heterocycles. The number of hydrogen-bond donors (Lipinski definition) is 2. The molecule has 1 aliphatic rings. The van der Waals surface area contributed by atoms with Crippen LogP contribution in [0.25, 0.3) is 0 Å². The van der Waals surface area contributed by atoms with Crippen molar-refractivity contribution in [3.05, 3.63) is 29.8 Å². The van der Waals surface area contributed by atoms with Crippen LogP contribution in [0.5, 0.6) is 0 Å². The van der Waals surface area contributed by atoms with E-state index in [1.807, 2.05) is 18.2 Å². The van der Waals surface area contributed by atoms with Crippen LogP contribution < -0.4 is 10.6 Å². The van der Waals surface area contributed by atoms with Gasteiger partial charge in [0.05, 0.1) is 11.9 Å². The molecule has 1 saturated heterocycles. The van der Waals surface area contributed by atoms with Crippen molar-refractivity contribution in [3.63, 3.8) is 0 Å². The molecule has 0 spiro atoms. The maximum Gasteiger partial charge on any atom is 0.234 e. The zero-order valence-electron chi connectivity index (χ0n) is 13.3. The number of carbonyl (C=O) groups is 1. The van der Waals surface area contributed by atoms with E-state index in [0.717, 1.165) is 37.6 Å². The van der Waals surface area contributed by atoms with Crippen LogP contribution >= 0.6 is 11.8 Å². The number of amides is 1. The largest absolute Gasteiger partial charge is 0.377 e. The Hall–Kier alpha value is -1.04. The summed E-state index contributed by atoms with van der Waals surface area (Å²) in [5.74, 6) is 1.45. The number of carbonyl (C=O) groups excluding carboxylic acids is 1. The molecule has 2 rings (SSSR count). The first-order valence-electron chi connectivity index (χ1n) is 8.07. The van der Waals surface area contributed by atoms with Gasteiger partial charge in [-0.05, 0) is 43.5 Å². The summed E-state index contributed by atoms with van der Waals surface area (Å²) in [4.78, 5) is 12.0. The molecule has 0 radical (unpaired) electrons. The van der Waals surface area contributed by atoms with Gasteiger partial charge >= 0.3 is 0 Å². The number of nitrogens with one attached hydrogen (secondary N) is 2. The molecule has 122 valence electrons. The second kappa shape index (κ2) is 9.87. The van der Waals surface area contributed by atoms with Gasteiger partial charge < -0.3 is 15.4 Å². The summed E-state index contributed by atoms with van der Waals surface area (Å²) >= 11 is 1.66. The smallest absolute Gasteiger partial charge is 0.234 e. The molecule has 1 aromatic carbocycles. The van der Waals surface area contributed by atoms with Gasteiger partial charge in [0.25, 0.3) is 0 Å². The van der Waals surface area contributed by atoms with Crippen molar-refractivity contribution in [1.82, 2.24) is 5.32 Å². The van der Waals surface area contributed by atoms with Crippen molar-refractivity contribution in [2.75, 3.05) is 30.0 Å². The molecule has 1 amide bonds. The first kappa shape index (κ1) is 17.3. The van der Waals surface area contributed by atoms with Crippen LogP contribution in [0.2, 0.25) is 0 Å². The van der Waals surface area contributed by atoms with Gasteiger partial charge in [0, 0.05) is 24.6 Å². The van der Waals surface area contributed by atoms with E-state index in [0.29, 0.717) is 11.9 Å². The van der Waals surface area contributed by atoms with Gasteiger partial charge in [-0.1, -0.05) is 19.1 Å². The lowest BCUT2D eigenvalue weighted by atomic mass is 10.1. The number of anilines is 1. The van der Waals surface area contributed by atoms with Crippen molar-refractivity contribution in [2.45, 2.75) is 38.8 Å². The minimum absolute atomic E-state index is 0.0569. The fraction of sp³-hybridized carbons (Fsp3) is 0.588. The minimum Gasteiger partial charge on any atom is -0.377 e. The van der Waals surface area contributed by atoms with E-state index >= 15 is 0 Å². The molecular formula is C17H26N2O2S. The highest BCUT2D eigenvalue weighted by atomic mass is 32.2. The average molecular weight is 322 g/mol. The highest BCUT2D eigenvalue weighted by Gasteiger charge is 2.14. The maximum atomic E-state index is 12.0. The van der Waals surface area contributed by atoms with Gasteiger partial charge in [-0.3, -0.25) is 4.79 Å². The average Bonchev–Trinajstić information content (AvgIpc) is 2.54. The molecular weight excluding hydrogens is 296 g/mol. The first-order chi connectivity index (χ1) is 10.8. The quantitative estimate of drug-likeness (QED) is 0.772. The number of ether oxygens (including phenoxy) is 1. The van der Waals surface area contributed by atoms with E-state index < -0.39 is 0 Å². The van der Waals surface area contributed by atoms with E-state index in [-0.39, 0.29) is 5.91 Å². The molecule has 5 heteroatoms. The zero-order chi connectivity index (χ0) is 15.6. The molecule has 0 aliphatic carbocycles. The van der Waals surface area contributed by atoms with Gasteiger partial charge in [-0.2, -0.15) is 0 Å². The van der Waals surface area contributed by atoms with E-state index in [2.05, 4.69) is 23.6 Å². The molecule has 0 saturated carbocycles. The Morgan fingerprint density at radius 3 is 3.09 bits per heavy atom. The summed E-state index contributed by atoms with van der Waals surface area (Å²) < 4.78 is 5.67. The Balaban J connectivity index is 1.69. The standard InChI is InChI=1S/C17H26N2O2S/c1-2-18-11-14-6-5-7-15(10-14)19-17(20)13-22-12-16-8-3-4-9-21-16/h5-7,10,16,18H,2-4,8-9,11-13H2,1H3,(H,19,20). The van der Waals surface area contributed by atoms with Crippen LogP contribution in [0.1, 0.15) is 31.7 Å². The summed E-state index contributed by atoms with van der Waals surface area (Å²) in [5.41, 5.74) is 2.05. The molecule has 1 heterocycles. The van der Waals surface area contributed by atoms with Crippen LogP contribution in [0, 0.1) is 0 Å². The Labute approximate surface area is 137 Å². The van der Waals surface area contributed by atoms with Crippen LogP contribution in [-0.4, -0.2) is 36.7 Å². The molecule has 0 bridgehead atoms. The highest BCUT2D eigenvalue weighted by molar-refractivity contribution is 8.00. The van der Waals surface area contributed by atoms with E-state index in [1.165, 1.54) is 18.4 Å². The van der Waals surface area contributed by atoms with E-state index in [9.17, 15) is 4.79 Å². The van der Waals surface area contributed by atoms with Crippen LogP contribution in [0.3, 0.4) is 0 Å². The molecule has 2 N–H and O–H groups in total. The fourth-order valence-electron chi connectivity index (χ4n) is 2.45. The lowest BCUT2D eigenvalue weighted by Gasteiger charge is -2.21. The monoisotopic (exact) mass is 322 g/mol. The molecule has 1 aromatic rings. The number of rotatable bonds is 8.